The molecule has 1 aromatic rings. The molecule has 2 unspecified atom stereocenters. The van der Waals surface area contributed by atoms with Gasteiger partial charge in [-0.15, -0.1) is 12.4 Å². The number of carbonyl (C=O) groups excluding carboxylic acids is 1. The van der Waals surface area contributed by atoms with E-state index >= 15 is 0 Å². The summed E-state index contributed by atoms with van der Waals surface area (Å²) in [4.78, 5) is 12.8. The van der Waals surface area contributed by atoms with Gasteiger partial charge >= 0.3 is 0 Å². The standard InChI is InChI=1S/C20H30N2O.ClH/c1-3-13-8-9-14(4-2)18(10-13)22-20(23)17-11-15-6-5-7-16(12-17)19(15)21;/h8-10,15-17,19H,3-7,11-12,21H2,1-2H3,(H,22,23);1H. The Hall–Kier alpha value is -1.06. The molecule has 0 heterocycles. The molecule has 0 radical (unpaired) electrons. The number of amides is 1. The molecule has 3 nitrogen and oxygen atoms in total. The van der Waals surface area contributed by atoms with Gasteiger partial charge in [-0.2, -0.15) is 0 Å². The highest BCUT2D eigenvalue weighted by atomic mass is 35.5. The van der Waals surface area contributed by atoms with Gasteiger partial charge < -0.3 is 11.1 Å². The highest BCUT2D eigenvalue weighted by Gasteiger charge is 2.40. The van der Waals surface area contributed by atoms with Crippen molar-refractivity contribution in [1.29, 1.82) is 0 Å². The molecule has 2 fully saturated rings. The Morgan fingerprint density at radius 2 is 1.83 bits per heavy atom. The van der Waals surface area contributed by atoms with Crippen molar-refractivity contribution < 1.29 is 4.79 Å². The Morgan fingerprint density at radius 1 is 1.17 bits per heavy atom. The van der Waals surface area contributed by atoms with E-state index in [1.165, 1.54) is 30.4 Å². The maximum Gasteiger partial charge on any atom is 0.227 e. The molecule has 0 saturated heterocycles. The van der Waals surface area contributed by atoms with E-state index in [9.17, 15) is 4.79 Å². The van der Waals surface area contributed by atoms with Crippen LogP contribution in [-0.2, 0) is 17.6 Å². The summed E-state index contributed by atoms with van der Waals surface area (Å²) in [6.07, 6.45) is 7.57. The van der Waals surface area contributed by atoms with Crippen LogP contribution in [0.1, 0.15) is 57.1 Å². The molecule has 3 rings (SSSR count). The number of fused-ring (bicyclic) bond motifs is 2. The van der Waals surface area contributed by atoms with Crippen LogP contribution in [0.15, 0.2) is 18.2 Å². The number of nitrogens with two attached hydrogens (primary N) is 1. The highest BCUT2D eigenvalue weighted by molar-refractivity contribution is 5.93. The molecule has 24 heavy (non-hydrogen) atoms. The van der Waals surface area contributed by atoms with Gasteiger partial charge in [-0.3, -0.25) is 4.79 Å². The van der Waals surface area contributed by atoms with E-state index in [1.54, 1.807) is 0 Å². The van der Waals surface area contributed by atoms with Crippen LogP contribution in [0.4, 0.5) is 5.69 Å². The summed E-state index contributed by atoms with van der Waals surface area (Å²) in [5.41, 5.74) is 9.87. The van der Waals surface area contributed by atoms with Crippen molar-refractivity contribution in [2.75, 3.05) is 5.32 Å². The third kappa shape index (κ3) is 3.94. The minimum Gasteiger partial charge on any atom is -0.327 e. The molecular formula is C20H31ClN2O. The fourth-order valence-electron chi connectivity index (χ4n) is 4.51. The topological polar surface area (TPSA) is 55.1 Å². The largest absolute Gasteiger partial charge is 0.327 e. The summed E-state index contributed by atoms with van der Waals surface area (Å²) in [6.45, 7) is 4.29. The van der Waals surface area contributed by atoms with E-state index < -0.39 is 0 Å². The van der Waals surface area contributed by atoms with Crippen molar-refractivity contribution in [3.05, 3.63) is 29.3 Å². The third-order valence-corrected chi connectivity index (χ3v) is 6.01. The number of rotatable bonds is 4. The average molecular weight is 351 g/mol. The average Bonchev–Trinajstić information content (AvgIpc) is 2.54. The van der Waals surface area contributed by atoms with E-state index in [4.69, 9.17) is 5.73 Å². The van der Waals surface area contributed by atoms with E-state index in [-0.39, 0.29) is 24.2 Å². The van der Waals surface area contributed by atoms with Crippen LogP contribution >= 0.6 is 12.4 Å². The van der Waals surface area contributed by atoms with Crippen molar-refractivity contribution in [3.8, 4) is 0 Å². The van der Waals surface area contributed by atoms with Gasteiger partial charge in [0.05, 0.1) is 0 Å². The molecule has 2 bridgehead atoms. The number of nitrogens with one attached hydrogen (secondary N) is 1. The zero-order chi connectivity index (χ0) is 16.4. The Kier molecular flexibility index (Phi) is 6.70. The van der Waals surface area contributed by atoms with Crippen molar-refractivity contribution >= 4 is 24.0 Å². The van der Waals surface area contributed by atoms with Gasteiger partial charge in [-0.05, 0) is 67.6 Å². The summed E-state index contributed by atoms with van der Waals surface area (Å²) >= 11 is 0. The van der Waals surface area contributed by atoms with Gasteiger partial charge in [0.2, 0.25) is 5.91 Å². The normalized spacial score (nSPS) is 28.8. The maximum atomic E-state index is 12.8. The Morgan fingerprint density at radius 3 is 2.42 bits per heavy atom. The first-order valence-corrected chi connectivity index (χ1v) is 9.30. The van der Waals surface area contributed by atoms with Crippen molar-refractivity contribution in [3.63, 3.8) is 0 Å². The van der Waals surface area contributed by atoms with Crippen molar-refractivity contribution in [2.24, 2.45) is 23.5 Å². The first-order valence-electron chi connectivity index (χ1n) is 9.30. The number of hydrogen-bond acceptors (Lipinski definition) is 2. The molecular weight excluding hydrogens is 320 g/mol. The number of benzene rings is 1. The van der Waals surface area contributed by atoms with E-state index in [1.807, 2.05) is 0 Å². The lowest BCUT2D eigenvalue weighted by molar-refractivity contribution is -0.122. The van der Waals surface area contributed by atoms with Crippen LogP contribution in [0.2, 0.25) is 0 Å². The van der Waals surface area contributed by atoms with Crippen LogP contribution in [0.5, 0.6) is 0 Å². The predicted octanol–water partition coefficient (Wildman–Crippen LogP) is 4.33. The summed E-state index contributed by atoms with van der Waals surface area (Å²) in [5, 5.41) is 3.23. The second kappa shape index (κ2) is 8.35. The summed E-state index contributed by atoms with van der Waals surface area (Å²) < 4.78 is 0. The first-order chi connectivity index (χ1) is 11.1. The first kappa shape index (κ1) is 19.3. The van der Waals surface area contributed by atoms with Gasteiger partial charge in [0, 0.05) is 17.6 Å². The molecule has 0 spiro atoms. The molecule has 3 N–H and O–H groups in total. The van der Waals surface area contributed by atoms with Crippen LogP contribution in [0.25, 0.3) is 0 Å². The number of anilines is 1. The van der Waals surface area contributed by atoms with E-state index in [0.29, 0.717) is 17.9 Å². The molecule has 4 heteroatoms. The lowest BCUT2D eigenvalue weighted by Crippen LogP contribution is -2.48. The minimum absolute atomic E-state index is 0. The van der Waals surface area contributed by atoms with Crippen LogP contribution in [0, 0.1) is 17.8 Å². The Bertz CT molecular complexity index is 561. The molecule has 2 aliphatic carbocycles. The zero-order valence-electron chi connectivity index (χ0n) is 14.9. The fourth-order valence-corrected chi connectivity index (χ4v) is 4.51. The zero-order valence-corrected chi connectivity index (χ0v) is 15.7. The molecule has 0 aromatic heterocycles. The van der Waals surface area contributed by atoms with Crippen LogP contribution in [-0.4, -0.2) is 11.9 Å². The molecule has 2 atom stereocenters. The highest BCUT2D eigenvalue weighted by Crippen LogP contribution is 2.42. The van der Waals surface area contributed by atoms with Crippen LogP contribution < -0.4 is 11.1 Å². The van der Waals surface area contributed by atoms with Gasteiger partial charge in [-0.1, -0.05) is 32.4 Å². The SMILES string of the molecule is CCc1ccc(CC)c(NC(=O)C2CC3CCCC(C2)C3N)c1.Cl. The second-order valence-corrected chi connectivity index (χ2v) is 7.38. The quantitative estimate of drug-likeness (QED) is 0.849. The monoisotopic (exact) mass is 350 g/mol. The van der Waals surface area contributed by atoms with Gasteiger partial charge in [0.15, 0.2) is 0 Å². The molecule has 134 valence electrons. The number of hydrogen-bond donors (Lipinski definition) is 2. The van der Waals surface area contributed by atoms with Gasteiger partial charge in [-0.25, -0.2) is 0 Å². The molecule has 2 aliphatic rings. The smallest absolute Gasteiger partial charge is 0.227 e. The van der Waals surface area contributed by atoms with Gasteiger partial charge in [0.25, 0.3) is 0 Å². The van der Waals surface area contributed by atoms with Crippen LogP contribution in [0.3, 0.4) is 0 Å². The number of carbonyl (C=O) groups is 1. The summed E-state index contributed by atoms with van der Waals surface area (Å²) in [7, 11) is 0. The molecule has 0 aliphatic heterocycles. The van der Waals surface area contributed by atoms with E-state index in [2.05, 4.69) is 37.4 Å². The van der Waals surface area contributed by atoms with E-state index in [0.717, 1.165) is 31.4 Å². The maximum absolute atomic E-state index is 12.8. The number of halogens is 1. The summed E-state index contributed by atoms with van der Waals surface area (Å²) in [5.74, 6) is 1.44. The fraction of sp³-hybridized carbons (Fsp3) is 0.650. The Labute approximate surface area is 152 Å². The molecule has 1 amide bonds. The molecule has 1 aromatic carbocycles. The minimum atomic E-state index is 0. The Balaban J connectivity index is 0.00000208. The predicted molar refractivity (Wildman–Crippen MR) is 103 cm³/mol. The van der Waals surface area contributed by atoms with Gasteiger partial charge in [0.1, 0.15) is 0 Å². The van der Waals surface area contributed by atoms with Crippen molar-refractivity contribution in [2.45, 2.75) is 64.8 Å². The lowest BCUT2D eigenvalue weighted by Gasteiger charge is -2.43. The lowest BCUT2D eigenvalue weighted by atomic mass is 9.65. The van der Waals surface area contributed by atoms with Crippen molar-refractivity contribution in [1.82, 2.24) is 0 Å². The molecule has 2 saturated carbocycles. The third-order valence-electron chi connectivity index (χ3n) is 6.01. The number of aryl methyl sites for hydroxylation is 2. The summed E-state index contributed by atoms with van der Waals surface area (Å²) in [6, 6.07) is 6.78. The second-order valence-electron chi connectivity index (χ2n) is 7.38.